The molecule has 4 nitrogen and oxygen atoms in total. The molecule has 1 aliphatic heterocycles. The van der Waals surface area contributed by atoms with Gasteiger partial charge in [-0.05, 0) is 18.6 Å². The molecule has 0 unspecified atom stereocenters. The van der Waals surface area contributed by atoms with Crippen LogP contribution in [0.3, 0.4) is 0 Å². The number of benzene rings is 1. The highest BCUT2D eigenvalue weighted by Crippen LogP contribution is 2.36. The number of fused-ring (bicyclic) bond motifs is 2. The molecular weight excluding hydrogens is 228 g/mol. The van der Waals surface area contributed by atoms with Crippen LogP contribution >= 0.6 is 0 Å². The van der Waals surface area contributed by atoms with Crippen LogP contribution < -0.4 is 15.2 Å². The molecule has 2 N–H and O–H groups in total. The monoisotopic (exact) mass is 244 g/mol. The van der Waals surface area contributed by atoms with Crippen molar-refractivity contribution in [3.8, 4) is 11.5 Å². The van der Waals surface area contributed by atoms with Gasteiger partial charge >= 0.3 is 0 Å². The predicted octanol–water partition coefficient (Wildman–Crippen LogP) is 2.54. The van der Waals surface area contributed by atoms with Crippen LogP contribution in [-0.4, -0.2) is 18.2 Å². The smallest absolute Gasteiger partial charge is 0.163 e. The first kappa shape index (κ1) is 11.1. The summed E-state index contributed by atoms with van der Waals surface area (Å²) >= 11 is 0. The van der Waals surface area contributed by atoms with Crippen molar-refractivity contribution in [2.24, 2.45) is 0 Å². The zero-order valence-electron chi connectivity index (χ0n) is 10.4. The normalized spacial score (nSPS) is 13.8. The second-order valence-corrected chi connectivity index (χ2v) is 4.47. The maximum atomic E-state index is 6.08. The molecule has 0 amide bonds. The van der Waals surface area contributed by atoms with Crippen LogP contribution in [0.1, 0.15) is 19.0 Å². The Balaban J connectivity index is 2.17. The Morgan fingerprint density at radius 1 is 1.17 bits per heavy atom. The number of rotatable bonds is 2. The molecule has 0 bridgehead atoms. The first-order valence-electron chi connectivity index (χ1n) is 6.26. The molecule has 0 atom stereocenters. The molecule has 1 aromatic carbocycles. The van der Waals surface area contributed by atoms with Crippen LogP contribution in [0.5, 0.6) is 11.5 Å². The zero-order valence-corrected chi connectivity index (χ0v) is 10.4. The molecule has 2 heterocycles. The third-order valence-electron chi connectivity index (χ3n) is 3.06. The lowest BCUT2D eigenvalue weighted by Gasteiger charge is -2.19. The molecule has 2 aromatic rings. The number of nitrogens with zero attached hydrogens (tertiary/aromatic N) is 1. The van der Waals surface area contributed by atoms with Crippen LogP contribution in [0.15, 0.2) is 18.2 Å². The van der Waals surface area contributed by atoms with Crippen LogP contribution in [-0.2, 0) is 6.42 Å². The SMILES string of the molecule is CCCc1cc(N)c2cc3c(cc2n1)OCCO3. The summed E-state index contributed by atoms with van der Waals surface area (Å²) in [6.07, 6.45) is 2.00. The Labute approximate surface area is 106 Å². The van der Waals surface area contributed by atoms with Gasteiger partial charge in [0.05, 0.1) is 5.52 Å². The summed E-state index contributed by atoms with van der Waals surface area (Å²) in [6, 6.07) is 5.78. The summed E-state index contributed by atoms with van der Waals surface area (Å²) < 4.78 is 11.1. The fourth-order valence-corrected chi connectivity index (χ4v) is 2.23. The highest BCUT2D eigenvalue weighted by Gasteiger charge is 2.14. The summed E-state index contributed by atoms with van der Waals surface area (Å²) in [5, 5.41) is 0.930. The van der Waals surface area contributed by atoms with Gasteiger partial charge in [0.15, 0.2) is 11.5 Å². The maximum absolute atomic E-state index is 6.08. The lowest BCUT2D eigenvalue weighted by atomic mass is 10.1. The third kappa shape index (κ3) is 1.83. The third-order valence-corrected chi connectivity index (χ3v) is 3.06. The van der Waals surface area contributed by atoms with Gasteiger partial charge in [-0.15, -0.1) is 0 Å². The van der Waals surface area contributed by atoms with Crippen molar-refractivity contribution in [3.63, 3.8) is 0 Å². The van der Waals surface area contributed by atoms with Crippen molar-refractivity contribution in [2.75, 3.05) is 18.9 Å². The number of pyridine rings is 1. The quantitative estimate of drug-likeness (QED) is 0.882. The van der Waals surface area contributed by atoms with E-state index in [1.54, 1.807) is 0 Å². The average Bonchev–Trinajstić information content (AvgIpc) is 2.37. The fraction of sp³-hybridized carbons (Fsp3) is 0.357. The van der Waals surface area contributed by atoms with Crippen molar-refractivity contribution in [2.45, 2.75) is 19.8 Å². The van der Waals surface area contributed by atoms with Crippen LogP contribution in [0.2, 0.25) is 0 Å². The summed E-state index contributed by atoms with van der Waals surface area (Å²) in [5.74, 6) is 1.51. The molecule has 0 aliphatic carbocycles. The van der Waals surface area contributed by atoms with Crippen molar-refractivity contribution < 1.29 is 9.47 Å². The number of anilines is 1. The number of nitrogen functional groups attached to an aromatic ring is 1. The largest absolute Gasteiger partial charge is 0.486 e. The van der Waals surface area contributed by atoms with Crippen molar-refractivity contribution in [3.05, 3.63) is 23.9 Å². The van der Waals surface area contributed by atoms with E-state index in [0.717, 1.165) is 46.6 Å². The van der Waals surface area contributed by atoms with Gasteiger partial charge in [0.25, 0.3) is 0 Å². The second kappa shape index (κ2) is 4.37. The van der Waals surface area contributed by atoms with E-state index in [9.17, 15) is 0 Å². The summed E-state index contributed by atoms with van der Waals surface area (Å²) in [6.45, 7) is 3.30. The number of nitrogens with two attached hydrogens (primary N) is 1. The second-order valence-electron chi connectivity index (χ2n) is 4.47. The van der Waals surface area contributed by atoms with E-state index >= 15 is 0 Å². The summed E-state index contributed by atoms with van der Waals surface area (Å²) in [4.78, 5) is 4.62. The van der Waals surface area contributed by atoms with Crippen LogP contribution in [0, 0.1) is 0 Å². The Hall–Kier alpha value is -1.97. The van der Waals surface area contributed by atoms with Crippen molar-refractivity contribution >= 4 is 16.6 Å². The minimum atomic E-state index is 0.583. The van der Waals surface area contributed by atoms with Gasteiger partial charge in [0, 0.05) is 22.8 Å². The highest BCUT2D eigenvalue weighted by atomic mass is 16.6. The molecule has 0 radical (unpaired) electrons. The van der Waals surface area contributed by atoms with E-state index in [4.69, 9.17) is 15.2 Å². The fourth-order valence-electron chi connectivity index (χ4n) is 2.23. The average molecular weight is 244 g/mol. The Morgan fingerprint density at radius 2 is 1.89 bits per heavy atom. The topological polar surface area (TPSA) is 57.4 Å². The van der Waals surface area contributed by atoms with E-state index in [-0.39, 0.29) is 0 Å². The molecular formula is C14H16N2O2. The van der Waals surface area contributed by atoms with E-state index in [0.29, 0.717) is 13.2 Å². The standard InChI is InChI=1S/C14H16N2O2/c1-2-3-9-6-11(15)10-7-13-14(8-12(10)16-9)18-5-4-17-13/h6-8H,2-5H2,1H3,(H2,15,16). The number of ether oxygens (including phenoxy) is 2. The van der Waals surface area contributed by atoms with Crippen molar-refractivity contribution in [1.29, 1.82) is 0 Å². The molecule has 3 rings (SSSR count). The molecule has 0 saturated carbocycles. The summed E-state index contributed by atoms with van der Waals surface area (Å²) in [5.41, 5.74) is 8.74. The number of aromatic nitrogens is 1. The Kier molecular flexibility index (Phi) is 2.70. The van der Waals surface area contributed by atoms with Gasteiger partial charge in [-0.25, -0.2) is 0 Å². The molecule has 94 valence electrons. The van der Waals surface area contributed by atoms with E-state index in [2.05, 4.69) is 11.9 Å². The predicted molar refractivity (Wildman–Crippen MR) is 71.1 cm³/mol. The molecule has 0 spiro atoms. The minimum absolute atomic E-state index is 0.583. The molecule has 4 heteroatoms. The molecule has 0 saturated heterocycles. The van der Waals surface area contributed by atoms with Crippen LogP contribution in [0.25, 0.3) is 10.9 Å². The number of aryl methyl sites for hydroxylation is 1. The highest BCUT2D eigenvalue weighted by molar-refractivity contribution is 5.92. The van der Waals surface area contributed by atoms with Gasteiger partial charge in [-0.3, -0.25) is 4.98 Å². The maximum Gasteiger partial charge on any atom is 0.163 e. The van der Waals surface area contributed by atoms with Gasteiger partial charge in [-0.2, -0.15) is 0 Å². The lowest BCUT2D eigenvalue weighted by molar-refractivity contribution is 0.172. The van der Waals surface area contributed by atoms with Gasteiger partial charge in [0.2, 0.25) is 0 Å². The lowest BCUT2D eigenvalue weighted by Crippen LogP contribution is -2.15. The van der Waals surface area contributed by atoms with E-state index in [1.165, 1.54) is 0 Å². The molecule has 1 aliphatic rings. The Morgan fingerprint density at radius 3 is 2.61 bits per heavy atom. The van der Waals surface area contributed by atoms with Crippen molar-refractivity contribution in [1.82, 2.24) is 4.98 Å². The van der Waals surface area contributed by atoms with Gasteiger partial charge in [-0.1, -0.05) is 13.3 Å². The summed E-state index contributed by atoms with van der Waals surface area (Å²) in [7, 11) is 0. The van der Waals surface area contributed by atoms with Gasteiger partial charge < -0.3 is 15.2 Å². The number of hydrogen-bond acceptors (Lipinski definition) is 4. The van der Waals surface area contributed by atoms with E-state index < -0.39 is 0 Å². The zero-order chi connectivity index (χ0) is 12.5. The Bertz CT molecular complexity index is 596. The molecule has 0 fully saturated rings. The van der Waals surface area contributed by atoms with E-state index in [1.807, 2.05) is 18.2 Å². The first-order valence-corrected chi connectivity index (χ1v) is 6.26. The van der Waals surface area contributed by atoms with Crippen LogP contribution in [0.4, 0.5) is 5.69 Å². The molecule has 1 aromatic heterocycles. The number of hydrogen-bond donors (Lipinski definition) is 1. The first-order chi connectivity index (χ1) is 8.78. The molecule has 18 heavy (non-hydrogen) atoms. The minimum Gasteiger partial charge on any atom is -0.486 e. The van der Waals surface area contributed by atoms with Gasteiger partial charge in [0.1, 0.15) is 13.2 Å².